The van der Waals surface area contributed by atoms with Crippen LogP contribution in [0.25, 0.3) is 0 Å². The second kappa shape index (κ2) is 6.75. The van der Waals surface area contributed by atoms with Crippen molar-refractivity contribution in [2.24, 2.45) is 0 Å². The maximum atomic E-state index is 12.0. The zero-order chi connectivity index (χ0) is 14.5. The van der Waals surface area contributed by atoms with Crippen LogP contribution in [-0.4, -0.2) is 46.9 Å². The van der Waals surface area contributed by atoms with E-state index in [9.17, 15) is 4.79 Å². The third-order valence-corrected chi connectivity index (χ3v) is 5.44. The minimum Gasteiger partial charge on any atom is -0.374 e. The van der Waals surface area contributed by atoms with Gasteiger partial charge in [0.05, 0.1) is 5.60 Å². The molecule has 3 rings (SSSR count). The summed E-state index contributed by atoms with van der Waals surface area (Å²) in [6.07, 6.45) is 6.98. The molecular weight excluding hydrogens is 286 g/mol. The van der Waals surface area contributed by atoms with Gasteiger partial charge in [0, 0.05) is 43.9 Å². The van der Waals surface area contributed by atoms with E-state index in [4.69, 9.17) is 4.74 Å². The minimum atomic E-state index is -0.0603. The van der Waals surface area contributed by atoms with Gasteiger partial charge in [-0.1, -0.05) is 0 Å². The first-order valence-electron chi connectivity index (χ1n) is 7.63. The number of hydrogen-bond acceptors (Lipinski definition) is 3. The molecule has 2 atom stereocenters. The van der Waals surface area contributed by atoms with Crippen LogP contribution < -0.4 is 10.6 Å². The van der Waals surface area contributed by atoms with Crippen LogP contribution in [0.15, 0.2) is 24.5 Å². The van der Waals surface area contributed by atoms with Crippen molar-refractivity contribution in [1.29, 1.82) is 0 Å². The number of hydrogen-bond donors (Lipinski definition) is 2. The van der Waals surface area contributed by atoms with Crippen molar-refractivity contribution >= 4 is 17.8 Å². The Bertz CT molecular complexity index is 457. The number of rotatable bonds is 4. The molecule has 0 radical (unpaired) electrons. The second-order valence-corrected chi connectivity index (χ2v) is 6.95. The summed E-state index contributed by atoms with van der Waals surface area (Å²) in [7, 11) is 0. The summed E-state index contributed by atoms with van der Waals surface area (Å²) in [6.45, 7) is 2.20. The van der Waals surface area contributed by atoms with Gasteiger partial charge in [0.2, 0.25) is 0 Å². The lowest BCUT2D eigenvalue weighted by Gasteiger charge is -2.37. The average molecular weight is 309 g/mol. The standard InChI is InChI=1S/C15H23N3O2S/c19-14(16-5-8-18-6-1-2-7-18)17-13-3-9-20-15(11-13)4-10-21-12-15/h1-2,6-7,13H,3-5,8-12H2,(H2,16,17,19)/t13-,15-/m1/s1. The molecule has 2 aliphatic heterocycles. The van der Waals surface area contributed by atoms with Gasteiger partial charge in [-0.25, -0.2) is 4.79 Å². The normalized spacial score (nSPS) is 28.7. The van der Waals surface area contributed by atoms with Gasteiger partial charge in [-0.15, -0.1) is 0 Å². The summed E-state index contributed by atoms with van der Waals surface area (Å²) in [5, 5.41) is 6.03. The molecule has 6 heteroatoms. The Morgan fingerprint density at radius 3 is 3.05 bits per heavy atom. The molecule has 5 nitrogen and oxygen atoms in total. The molecule has 1 spiro atoms. The molecule has 0 bridgehead atoms. The van der Waals surface area contributed by atoms with Gasteiger partial charge in [-0.3, -0.25) is 0 Å². The third-order valence-electron chi connectivity index (χ3n) is 4.22. The molecule has 2 saturated heterocycles. The highest BCUT2D eigenvalue weighted by Crippen LogP contribution is 2.38. The molecule has 3 heterocycles. The molecule has 1 aromatic heterocycles. The van der Waals surface area contributed by atoms with Crippen molar-refractivity contribution < 1.29 is 9.53 Å². The van der Waals surface area contributed by atoms with Gasteiger partial charge in [-0.05, 0) is 37.1 Å². The maximum Gasteiger partial charge on any atom is 0.315 e. The Balaban J connectivity index is 1.40. The number of carbonyl (C=O) groups is 1. The summed E-state index contributed by atoms with van der Waals surface area (Å²) < 4.78 is 8.03. The Labute approximate surface area is 129 Å². The summed E-state index contributed by atoms with van der Waals surface area (Å²) >= 11 is 1.96. The van der Waals surface area contributed by atoms with Crippen LogP contribution >= 0.6 is 11.8 Å². The van der Waals surface area contributed by atoms with Crippen LogP contribution in [0, 0.1) is 0 Å². The van der Waals surface area contributed by atoms with E-state index >= 15 is 0 Å². The van der Waals surface area contributed by atoms with Gasteiger partial charge in [0.25, 0.3) is 0 Å². The number of urea groups is 1. The van der Waals surface area contributed by atoms with E-state index in [1.165, 1.54) is 5.75 Å². The summed E-state index contributed by atoms with van der Waals surface area (Å²) in [6, 6.07) is 4.15. The van der Waals surface area contributed by atoms with Crippen LogP contribution in [0.5, 0.6) is 0 Å². The second-order valence-electron chi connectivity index (χ2n) is 5.84. The molecule has 2 N–H and O–H groups in total. The topological polar surface area (TPSA) is 55.3 Å². The van der Waals surface area contributed by atoms with Crippen molar-refractivity contribution in [3.8, 4) is 0 Å². The van der Waals surface area contributed by atoms with Gasteiger partial charge in [0.15, 0.2) is 0 Å². The van der Waals surface area contributed by atoms with Crippen molar-refractivity contribution in [2.45, 2.75) is 37.5 Å². The van der Waals surface area contributed by atoms with Crippen LogP contribution in [0.4, 0.5) is 4.79 Å². The summed E-state index contributed by atoms with van der Waals surface area (Å²) in [4.78, 5) is 12.0. The lowest BCUT2D eigenvalue weighted by molar-refractivity contribution is -0.0684. The number of aromatic nitrogens is 1. The van der Waals surface area contributed by atoms with E-state index in [-0.39, 0.29) is 17.7 Å². The van der Waals surface area contributed by atoms with E-state index in [0.29, 0.717) is 6.54 Å². The van der Waals surface area contributed by atoms with Gasteiger partial charge < -0.3 is 19.9 Å². The largest absolute Gasteiger partial charge is 0.374 e. The fourth-order valence-electron chi connectivity index (χ4n) is 3.07. The van der Waals surface area contributed by atoms with Crippen molar-refractivity contribution in [3.05, 3.63) is 24.5 Å². The Kier molecular flexibility index (Phi) is 4.75. The monoisotopic (exact) mass is 309 g/mol. The average Bonchev–Trinajstić information content (AvgIpc) is 3.11. The van der Waals surface area contributed by atoms with Crippen LogP contribution in [-0.2, 0) is 11.3 Å². The number of thioether (sulfide) groups is 1. The van der Waals surface area contributed by atoms with Crippen molar-refractivity contribution in [2.75, 3.05) is 24.7 Å². The lowest BCUT2D eigenvalue weighted by Crippen LogP contribution is -2.51. The molecular formula is C15H23N3O2S. The van der Waals surface area contributed by atoms with E-state index in [1.807, 2.05) is 36.3 Å². The highest BCUT2D eigenvalue weighted by molar-refractivity contribution is 7.99. The predicted octanol–water partition coefficient (Wildman–Crippen LogP) is 1.84. The number of amides is 2. The van der Waals surface area contributed by atoms with E-state index in [0.717, 1.165) is 38.2 Å². The van der Waals surface area contributed by atoms with Gasteiger partial charge in [-0.2, -0.15) is 11.8 Å². The molecule has 2 aliphatic rings. The maximum absolute atomic E-state index is 12.0. The fourth-order valence-corrected chi connectivity index (χ4v) is 4.45. The number of nitrogens with zero attached hydrogens (tertiary/aromatic N) is 1. The lowest BCUT2D eigenvalue weighted by atomic mass is 9.90. The van der Waals surface area contributed by atoms with Crippen molar-refractivity contribution in [3.63, 3.8) is 0 Å². The molecule has 2 amide bonds. The van der Waals surface area contributed by atoms with Crippen LogP contribution in [0.2, 0.25) is 0 Å². The minimum absolute atomic E-state index is 0.0198. The van der Waals surface area contributed by atoms with Crippen LogP contribution in [0.1, 0.15) is 19.3 Å². The highest BCUT2D eigenvalue weighted by Gasteiger charge is 2.40. The predicted molar refractivity (Wildman–Crippen MR) is 84.6 cm³/mol. The summed E-state index contributed by atoms with van der Waals surface area (Å²) in [5.41, 5.74) is 0.0198. The summed E-state index contributed by atoms with van der Waals surface area (Å²) in [5.74, 6) is 2.25. The van der Waals surface area contributed by atoms with E-state index < -0.39 is 0 Å². The van der Waals surface area contributed by atoms with E-state index in [2.05, 4.69) is 15.2 Å². The first kappa shape index (κ1) is 14.8. The smallest absolute Gasteiger partial charge is 0.315 e. The first-order chi connectivity index (χ1) is 10.3. The van der Waals surface area contributed by atoms with E-state index in [1.54, 1.807) is 0 Å². The fraction of sp³-hybridized carbons (Fsp3) is 0.667. The molecule has 116 valence electrons. The number of nitrogens with one attached hydrogen (secondary N) is 2. The molecule has 0 aromatic carbocycles. The Hall–Kier alpha value is -1.14. The Morgan fingerprint density at radius 2 is 2.29 bits per heavy atom. The zero-order valence-electron chi connectivity index (χ0n) is 12.2. The molecule has 0 saturated carbocycles. The molecule has 0 aliphatic carbocycles. The quantitative estimate of drug-likeness (QED) is 0.892. The van der Waals surface area contributed by atoms with Gasteiger partial charge >= 0.3 is 6.03 Å². The highest BCUT2D eigenvalue weighted by atomic mass is 32.2. The molecule has 2 fully saturated rings. The zero-order valence-corrected chi connectivity index (χ0v) is 13.0. The van der Waals surface area contributed by atoms with Gasteiger partial charge in [0.1, 0.15) is 0 Å². The Morgan fingerprint density at radius 1 is 1.43 bits per heavy atom. The third kappa shape index (κ3) is 3.95. The number of ether oxygens (including phenoxy) is 1. The molecule has 0 unspecified atom stereocenters. The van der Waals surface area contributed by atoms with Crippen molar-refractivity contribution in [1.82, 2.24) is 15.2 Å². The van der Waals surface area contributed by atoms with Crippen LogP contribution in [0.3, 0.4) is 0 Å². The SMILES string of the molecule is O=C(NCCn1cccc1)N[C@@H]1CCO[C@]2(CCSC2)C1. The molecule has 1 aromatic rings. The first-order valence-corrected chi connectivity index (χ1v) is 8.78. The molecule has 21 heavy (non-hydrogen) atoms. The number of carbonyl (C=O) groups excluding carboxylic acids is 1.